The highest BCUT2D eigenvalue weighted by atomic mass is 14.1. The van der Waals surface area contributed by atoms with Crippen LogP contribution in [0.5, 0.6) is 0 Å². The first-order chi connectivity index (χ1) is 8.30. The molecule has 0 atom stereocenters. The Hall–Kier alpha value is -0.780. The van der Waals surface area contributed by atoms with Crippen LogP contribution in [0.2, 0.25) is 0 Å². The van der Waals surface area contributed by atoms with E-state index in [1.807, 2.05) is 0 Å². The van der Waals surface area contributed by atoms with E-state index in [-0.39, 0.29) is 0 Å². The molecule has 0 N–H and O–H groups in total. The fourth-order valence-electron chi connectivity index (χ4n) is 2.63. The van der Waals surface area contributed by atoms with Gasteiger partial charge in [0.1, 0.15) is 0 Å². The molecule has 0 saturated carbocycles. The Morgan fingerprint density at radius 3 is 1.76 bits per heavy atom. The third-order valence-corrected chi connectivity index (χ3v) is 3.48. The lowest BCUT2D eigenvalue weighted by molar-refractivity contribution is 0.438. The van der Waals surface area contributed by atoms with Crippen LogP contribution in [0.3, 0.4) is 0 Å². The summed E-state index contributed by atoms with van der Waals surface area (Å²) in [6.07, 6.45) is 9.13. The molecule has 0 aliphatic heterocycles. The summed E-state index contributed by atoms with van der Waals surface area (Å²) < 4.78 is 0. The second-order valence-corrected chi connectivity index (χ2v) is 5.21. The molecule has 0 fully saturated rings. The minimum Gasteiger partial charge on any atom is -0.0654 e. The lowest BCUT2D eigenvalue weighted by atomic mass is 9.91. The Kier molecular flexibility index (Phi) is 7.00. The predicted molar refractivity (Wildman–Crippen MR) is 77.4 cm³/mol. The van der Waals surface area contributed by atoms with Crippen molar-refractivity contribution in [1.82, 2.24) is 0 Å². The van der Waals surface area contributed by atoms with E-state index in [0.717, 1.165) is 5.92 Å². The van der Waals surface area contributed by atoms with Gasteiger partial charge < -0.3 is 0 Å². The van der Waals surface area contributed by atoms with Gasteiger partial charge in [-0.2, -0.15) is 0 Å². The third kappa shape index (κ3) is 5.39. The summed E-state index contributed by atoms with van der Waals surface area (Å²) in [6.45, 7) is 6.84. The van der Waals surface area contributed by atoms with E-state index in [1.165, 1.54) is 56.1 Å². The van der Waals surface area contributed by atoms with Crippen LogP contribution in [0.15, 0.2) is 24.3 Å². The van der Waals surface area contributed by atoms with E-state index < -0.39 is 0 Å². The minimum absolute atomic E-state index is 0.891. The summed E-state index contributed by atoms with van der Waals surface area (Å²) in [6, 6.07) is 9.30. The smallest absolute Gasteiger partial charge is 0.0250 e. The zero-order valence-electron chi connectivity index (χ0n) is 11.8. The monoisotopic (exact) mass is 232 g/mol. The van der Waals surface area contributed by atoms with Crippen molar-refractivity contribution < 1.29 is 0 Å². The second kappa shape index (κ2) is 8.33. The largest absolute Gasteiger partial charge is 0.0654 e. The molecule has 0 bridgehead atoms. The van der Waals surface area contributed by atoms with Gasteiger partial charge in [0.05, 0.1) is 0 Å². The number of hydrogen-bond donors (Lipinski definition) is 0. The minimum atomic E-state index is 0.891. The number of rotatable bonds is 8. The normalized spacial score (nSPS) is 11.1. The van der Waals surface area contributed by atoms with Crippen LogP contribution in [0, 0.1) is 5.92 Å². The molecule has 0 radical (unpaired) electrons. The number of hydrogen-bond acceptors (Lipinski definition) is 0. The molecule has 0 nitrogen and oxygen atoms in total. The first kappa shape index (κ1) is 14.3. The van der Waals surface area contributed by atoms with Crippen LogP contribution >= 0.6 is 0 Å². The summed E-state index contributed by atoms with van der Waals surface area (Å²) in [7, 11) is 0. The molecule has 0 heteroatoms. The van der Waals surface area contributed by atoms with Crippen LogP contribution in [-0.2, 0) is 12.8 Å². The molecule has 0 unspecified atom stereocenters. The highest BCUT2D eigenvalue weighted by Gasteiger charge is 2.07. The molecule has 17 heavy (non-hydrogen) atoms. The van der Waals surface area contributed by atoms with Crippen LogP contribution in [0.4, 0.5) is 0 Å². The van der Waals surface area contributed by atoms with Gasteiger partial charge in [-0.3, -0.25) is 0 Å². The lowest BCUT2D eigenvalue weighted by Gasteiger charge is -2.15. The van der Waals surface area contributed by atoms with Crippen molar-refractivity contribution in [3.05, 3.63) is 35.4 Å². The van der Waals surface area contributed by atoms with Crippen molar-refractivity contribution in [2.45, 2.75) is 65.7 Å². The maximum Gasteiger partial charge on any atom is -0.0250 e. The van der Waals surface area contributed by atoms with Gasteiger partial charge in [0, 0.05) is 0 Å². The third-order valence-electron chi connectivity index (χ3n) is 3.48. The van der Waals surface area contributed by atoms with Crippen molar-refractivity contribution in [2.24, 2.45) is 5.92 Å². The summed E-state index contributed by atoms with van der Waals surface area (Å²) in [5.74, 6) is 0.891. The maximum atomic E-state index is 2.34. The Balaban J connectivity index is 2.53. The average Bonchev–Trinajstić information content (AvgIpc) is 2.33. The van der Waals surface area contributed by atoms with Crippen molar-refractivity contribution in [1.29, 1.82) is 0 Å². The van der Waals surface area contributed by atoms with Gasteiger partial charge in [0.15, 0.2) is 0 Å². The van der Waals surface area contributed by atoms with Gasteiger partial charge in [-0.1, -0.05) is 77.1 Å². The van der Waals surface area contributed by atoms with Crippen molar-refractivity contribution >= 4 is 0 Å². The van der Waals surface area contributed by atoms with Gasteiger partial charge in [-0.25, -0.2) is 0 Å². The van der Waals surface area contributed by atoms with Crippen molar-refractivity contribution in [2.75, 3.05) is 0 Å². The van der Waals surface area contributed by atoms with Crippen LogP contribution in [-0.4, -0.2) is 0 Å². The summed E-state index contributed by atoms with van der Waals surface area (Å²) in [4.78, 5) is 0. The molecule has 0 aromatic heterocycles. The molecule has 96 valence electrons. The predicted octanol–water partition coefficient (Wildman–Crippen LogP) is 5.40. The van der Waals surface area contributed by atoms with E-state index in [9.17, 15) is 0 Å². The van der Waals surface area contributed by atoms with Gasteiger partial charge in [0.25, 0.3) is 0 Å². The van der Waals surface area contributed by atoms with Crippen molar-refractivity contribution in [3.8, 4) is 0 Å². The molecule has 0 amide bonds. The second-order valence-electron chi connectivity index (χ2n) is 5.21. The molecule has 0 aliphatic rings. The van der Waals surface area contributed by atoms with E-state index in [1.54, 1.807) is 0 Å². The Morgan fingerprint density at radius 1 is 0.765 bits per heavy atom. The molecular formula is C17H28. The molecule has 1 aromatic rings. The van der Waals surface area contributed by atoms with E-state index in [4.69, 9.17) is 0 Å². The first-order valence-electron chi connectivity index (χ1n) is 7.37. The van der Waals surface area contributed by atoms with Gasteiger partial charge >= 0.3 is 0 Å². The summed E-state index contributed by atoms with van der Waals surface area (Å²) >= 11 is 0. The van der Waals surface area contributed by atoms with Crippen LogP contribution in [0.1, 0.15) is 64.0 Å². The fraction of sp³-hybridized carbons (Fsp3) is 0.647. The molecule has 1 aromatic carbocycles. The lowest BCUT2D eigenvalue weighted by Crippen LogP contribution is -2.04. The maximum absolute atomic E-state index is 2.34. The zero-order chi connectivity index (χ0) is 12.5. The molecule has 0 spiro atoms. The highest BCUT2D eigenvalue weighted by Crippen LogP contribution is 2.19. The topological polar surface area (TPSA) is 0 Å². The molecule has 0 heterocycles. The molecular weight excluding hydrogens is 204 g/mol. The summed E-state index contributed by atoms with van der Waals surface area (Å²) in [5.41, 5.74) is 3.01. The molecule has 0 aliphatic carbocycles. The van der Waals surface area contributed by atoms with E-state index in [2.05, 4.69) is 45.0 Å². The van der Waals surface area contributed by atoms with Gasteiger partial charge in [-0.05, 0) is 29.9 Å². The van der Waals surface area contributed by atoms with Gasteiger partial charge in [-0.15, -0.1) is 0 Å². The number of aryl methyl sites for hydroxylation is 1. The van der Waals surface area contributed by atoms with Crippen LogP contribution < -0.4 is 0 Å². The molecule has 1 rings (SSSR count). The first-order valence-corrected chi connectivity index (χ1v) is 7.37. The SMILES string of the molecule is CCCc1ccc(CC(CCC)CCC)cc1. The zero-order valence-corrected chi connectivity index (χ0v) is 11.8. The molecule has 0 saturated heterocycles. The van der Waals surface area contributed by atoms with Crippen molar-refractivity contribution in [3.63, 3.8) is 0 Å². The standard InChI is InChI=1S/C17H28/c1-4-7-15-10-12-17(13-11-15)14-16(8-5-2)9-6-3/h10-13,16H,4-9,14H2,1-3H3. The average molecular weight is 232 g/mol. The van der Waals surface area contributed by atoms with Gasteiger partial charge in [0.2, 0.25) is 0 Å². The highest BCUT2D eigenvalue weighted by molar-refractivity contribution is 5.23. The Morgan fingerprint density at radius 2 is 1.29 bits per heavy atom. The quantitative estimate of drug-likeness (QED) is 0.563. The van der Waals surface area contributed by atoms with E-state index >= 15 is 0 Å². The summed E-state index contributed by atoms with van der Waals surface area (Å²) in [5, 5.41) is 0. The Labute approximate surface area is 107 Å². The fourth-order valence-corrected chi connectivity index (χ4v) is 2.63. The van der Waals surface area contributed by atoms with Crippen LogP contribution in [0.25, 0.3) is 0 Å². The van der Waals surface area contributed by atoms with E-state index in [0.29, 0.717) is 0 Å². The number of benzene rings is 1. The Bertz CT molecular complexity index is 277.